The largest absolute Gasteiger partial charge is 0.480 e. The summed E-state index contributed by atoms with van der Waals surface area (Å²) in [5.41, 5.74) is 0.598. The molecule has 0 aromatic heterocycles. The third-order valence-corrected chi connectivity index (χ3v) is 6.74. The van der Waals surface area contributed by atoms with Crippen molar-refractivity contribution < 1.29 is 9.90 Å². The lowest BCUT2D eigenvalue weighted by atomic mass is 9.49. The molecule has 0 amide bonds. The van der Waals surface area contributed by atoms with E-state index < -0.39 is 5.97 Å². The zero-order valence-corrected chi connectivity index (χ0v) is 12.4. The molecular formula is C17H27NO2. The van der Waals surface area contributed by atoms with Crippen LogP contribution < -0.4 is 0 Å². The van der Waals surface area contributed by atoms with Crippen LogP contribution >= 0.6 is 0 Å². The predicted molar refractivity (Wildman–Crippen MR) is 77.5 cm³/mol. The van der Waals surface area contributed by atoms with Gasteiger partial charge in [0.15, 0.2) is 0 Å². The number of nitrogens with zero attached hydrogens (tertiary/aromatic N) is 1. The van der Waals surface area contributed by atoms with Gasteiger partial charge in [0, 0.05) is 0 Å². The minimum Gasteiger partial charge on any atom is -0.480 e. The van der Waals surface area contributed by atoms with Gasteiger partial charge in [-0.15, -0.1) is 0 Å². The van der Waals surface area contributed by atoms with E-state index in [1.807, 2.05) is 0 Å². The number of hydrogen-bond donors (Lipinski definition) is 1. The first-order chi connectivity index (χ1) is 9.63. The van der Waals surface area contributed by atoms with Crippen molar-refractivity contribution in [2.75, 3.05) is 13.1 Å². The molecule has 5 rings (SSSR count). The highest BCUT2D eigenvalue weighted by atomic mass is 16.4. The normalized spacial score (nSPS) is 47.0. The number of rotatable bonds is 4. The van der Waals surface area contributed by atoms with Crippen molar-refractivity contribution in [3.05, 3.63) is 0 Å². The van der Waals surface area contributed by atoms with Crippen molar-refractivity contribution in [3.8, 4) is 0 Å². The fourth-order valence-electron chi connectivity index (χ4n) is 6.35. The summed E-state index contributed by atoms with van der Waals surface area (Å²) in [6.45, 7) is 2.03. The monoisotopic (exact) mass is 277 g/mol. The summed E-state index contributed by atoms with van der Waals surface area (Å²) < 4.78 is 0. The molecule has 0 aromatic carbocycles. The van der Waals surface area contributed by atoms with E-state index in [4.69, 9.17) is 0 Å². The van der Waals surface area contributed by atoms with Crippen LogP contribution in [0.1, 0.15) is 57.8 Å². The molecule has 5 aliphatic rings. The average molecular weight is 277 g/mol. The van der Waals surface area contributed by atoms with Crippen LogP contribution in [0.2, 0.25) is 0 Å². The maximum absolute atomic E-state index is 11.3. The van der Waals surface area contributed by atoms with Gasteiger partial charge in [-0.1, -0.05) is 0 Å². The van der Waals surface area contributed by atoms with Crippen molar-refractivity contribution in [2.24, 2.45) is 23.2 Å². The summed E-state index contributed by atoms with van der Waals surface area (Å²) in [7, 11) is 0. The topological polar surface area (TPSA) is 40.5 Å². The Morgan fingerprint density at radius 3 is 2.25 bits per heavy atom. The van der Waals surface area contributed by atoms with Crippen LogP contribution in [0.5, 0.6) is 0 Å². The summed E-state index contributed by atoms with van der Waals surface area (Å²) in [6.07, 6.45) is 12.0. The van der Waals surface area contributed by atoms with Gasteiger partial charge in [-0.3, -0.25) is 9.69 Å². The summed E-state index contributed by atoms with van der Waals surface area (Å²) in [4.78, 5) is 13.5. The molecule has 3 heteroatoms. The van der Waals surface area contributed by atoms with Gasteiger partial charge in [-0.05, 0) is 94.0 Å². The minimum atomic E-state index is -0.604. The highest BCUT2D eigenvalue weighted by Crippen LogP contribution is 2.61. The quantitative estimate of drug-likeness (QED) is 0.858. The Morgan fingerprint density at radius 2 is 1.70 bits per heavy atom. The first kappa shape index (κ1) is 13.1. The third-order valence-electron chi connectivity index (χ3n) is 6.74. The molecule has 4 saturated carbocycles. The summed E-state index contributed by atoms with van der Waals surface area (Å²) in [5.74, 6) is 2.42. The lowest BCUT2D eigenvalue weighted by molar-refractivity contribution is -0.142. The molecule has 1 aliphatic heterocycles. The summed E-state index contributed by atoms with van der Waals surface area (Å²) in [5, 5.41) is 9.30. The maximum atomic E-state index is 11.3. The SMILES string of the molecule is O=C(O)[C@H]1CCCN1CCC12CC3CC(CC(C3)C1)C2. The molecule has 1 heterocycles. The molecule has 0 radical (unpaired) electrons. The number of hydrogen-bond acceptors (Lipinski definition) is 2. The molecule has 3 nitrogen and oxygen atoms in total. The van der Waals surface area contributed by atoms with Crippen molar-refractivity contribution in [1.82, 2.24) is 4.90 Å². The van der Waals surface area contributed by atoms with E-state index in [0.29, 0.717) is 5.41 Å². The van der Waals surface area contributed by atoms with Crippen LogP contribution in [-0.2, 0) is 4.79 Å². The number of carboxylic acid groups (broad SMARTS) is 1. The average Bonchev–Trinajstić information content (AvgIpc) is 2.83. The van der Waals surface area contributed by atoms with E-state index in [2.05, 4.69) is 4.90 Å². The molecular weight excluding hydrogens is 250 g/mol. The van der Waals surface area contributed by atoms with Gasteiger partial charge in [0.25, 0.3) is 0 Å². The Kier molecular flexibility index (Phi) is 3.10. The number of aliphatic carboxylic acids is 1. The Labute approximate surface area is 121 Å². The Hall–Kier alpha value is -0.570. The van der Waals surface area contributed by atoms with Gasteiger partial charge in [0.05, 0.1) is 0 Å². The molecule has 0 unspecified atom stereocenters. The van der Waals surface area contributed by atoms with Crippen molar-refractivity contribution in [3.63, 3.8) is 0 Å². The molecule has 20 heavy (non-hydrogen) atoms. The second-order valence-electron chi connectivity index (χ2n) is 8.20. The molecule has 0 spiro atoms. The van der Waals surface area contributed by atoms with Crippen LogP contribution in [0.25, 0.3) is 0 Å². The Morgan fingerprint density at radius 1 is 1.10 bits per heavy atom. The van der Waals surface area contributed by atoms with Crippen LogP contribution in [-0.4, -0.2) is 35.1 Å². The third kappa shape index (κ3) is 2.18. The molecule has 1 atom stereocenters. The van der Waals surface area contributed by atoms with Crippen molar-refractivity contribution in [1.29, 1.82) is 0 Å². The molecule has 0 aromatic rings. The Balaban J connectivity index is 1.41. The van der Waals surface area contributed by atoms with Crippen LogP contribution in [0.4, 0.5) is 0 Å². The standard InChI is InChI=1S/C17H27NO2/c19-16(20)15-2-1-4-18(15)5-3-17-9-12-6-13(10-17)8-14(7-12)11-17/h12-15H,1-11H2,(H,19,20)/t12?,13?,14?,15-,17?/m1/s1. The van der Waals surface area contributed by atoms with Gasteiger partial charge in [-0.25, -0.2) is 0 Å². The molecule has 4 aliphatic carbocycles. The zero-order chi connectivity index (χ0) is 13.7. The van der Waals surface area contributed by atoms with Gasteiger partial charge in [0.2, 0.25) is 0 Å². The van der Waals surface area contributed by atoms with Crippen molar-refractivity contribution >= 4 is 5.97 Å². The summed E-state index contributed by atoms with van der Waals surface area (Å²) >= 11 is 0. The van der Waals surface area contributed by atoms with Gasteiger partial charge < -0.3 is 5.11 Å². The van der Waals surface area contributed by atoms with E-state index >= 15 is 0 Å². The van der Waals surface area contributed by atoms with Gasteiger partial charge in [-0.2, -0.15) is 0 Å². The maximum Gasteiger partial charge on any atom is 0.320 e. The molecule has 5 fully saturated rings. The highest BCUT2D eigenvalue weighted by Gasteiger charge is 2.50. The molecule has 112 valence electrons. The fraction of sp³-hybridized carbons (Fsp3) is 0.941. The zero-order valence-electron chi connectivity index (χ0n) is 12.4. The predicted octanol–water partition coefficient (Wildman–Crippen LogP) is 3.14. The van der Waals surface area contributed by atoms with E-state index in [0.717, 1.165) is 43.7 Å². The van der Waals surface area contributed by atoms with Crippen molar-refractivity contribution in [2.45, 2.75) is 63.8 Å². The van der Waals surface area contributed by atoms with Crippen LogP contribution in [0.15, 0.2) is 0 Å². The number of likely N-dealkylation sites (tertiary alicyclic amines) is 1. The Bertz CT molecular complexity index is 371. The number of carboxylic acids is 1. The van der Waals surface area contributed by atoms with Gasteiger partial charge in [0.1, 0.15) is 6.04 Å². The second kappa shape index (κ2) is 4.72. The lowest BCUT2D eigenvalue weighted by Crippen LogP contribution is -2.48. The second-order valence-corrected chi connectivity index (χ2v) is 8.20. The smallest absolute Gasteiger partial charge is 0.320 e. The fourth-order valence-corrected chi connectivity index (χ4v) is 6.35. The highest BCUT2D eigenvalue weighted by molar-refractivity contribution is 5.73. The van der Waals surface area contributed by atoms with E-state index in [1.165, 1.54) is 44.9 Å². The molecule has 1 N–H and O–H groups in total. The van der Waals surface area contributed by atoms with Gasteiger partial charge >= 0.3 is 5.97 Å². The first-order valence-electron chi connectivity index (χ1n) is 8.60. The minimum absolute atomic E-state index is 0.191. The van der Waals surface area contributed by atoms with Crippen LogP contribution in [0.3, 0.4) is 0 Å². The first-order valence-corrected chi connectivity index (χ1v) is 8.60. The molecule has 1 saturated heterocycles. The molecule has 4 bridgehead atoms. The van der Waals surface area contributed by atoms with E-state index in [-0.39, 0.29) is 6.04 Å². The number of carbonyl (C=O) groups is 1. The lowest BCUT2D eigenvalue weighted by Gasteiger charge is -2.57. The van der Waals surface area contributed by atoms with Crippen LogP contribution in [0, 0.1) is 23.2 Å². The van der Waals surface area contributed by atoms with E-state index in [1.54, 1.807) is 0 Å². The summed E-state index contributed by atoms with van der Waals surface area (Å²) in [6, 6.07) is -0.191. The van der Waals surface area contributed by atoms with E-state index in [9.17, 15) is 9.90 Å².